The lowest BCUT2D eigenvalue weighted by Crippen LogP contribution is -2.25. The second-order valence-electron chi connectivity index (χ2n) is 6.76. The quantitative estimate of drug-likeness (QED) is 0.705. The lowest BCUT2D eigenvalue weighted by Gasteiger charge is -2.25. The molecule has 1 atom stereocenters. The first-order valence-electron chi connectivity index (χ1n) is 9.08. The number of carboxylic acid groups (broad SMARTS) is 1. The van der Waals surface area contributed by atoms with Crippen molar-refractivity contribution in [3.8, 4) is 0 Å². The van der Waals surface area contributed by atoms with Crippen LogP contribution in [-0.4, -0.2) is 29.1 Å². The van der Waals surface area contributed by atoms with Crippen LogP contribution in [0.15, 0.2) is 60.7 Å². The second kappa shape index (κ2) is 9.02. The van der Waals surface area contributed by atoms with E-state index in [1.54, 1.807) is 6.08 Å². The molecule has 2 aromatic carbocycles. The molecule has 3 nitrogen and oxygen atoms in total. The number of allylic oxidation sites excluding steroid dienone is 1. The van der Waals surface area contributed by atoms with Crippen LogP contribution in [0.4, 0.5) is 0 Å². The van der Waals surface area contributed by atoms with Crippen LogP contribution in [0.3, 0.4) is 0 Å². The number of carbonyl (C=O) groups is 1. The Morgan fingerprint density at radius 2 is 1.81 bits per heavy atom. The molecule has 2 aromatic rings. The van der Waals surface area contributed by atoms with Gasteiger partial charge < -0.3 is 5.11 Å². The molecule has 4 heteroatoms. The number of rotatable bonds is 7. The van der Waals surface area contributed by atoms with Crippen molar-refractivity contribution in [2.24, 2.45) is 0 Å². The number of carboxylic acids is 1. The molecular formula is C22H24ClNO2. The molecule has 1 aliphatic heterocycles. The van der Waals surface area contributed by atoms with E-state index in [9.17, 15) is 4.79 Å². The average Bonchev–Trinajstić information content (AvgIpc) is 3.10. The Morgan fingerprint density at radius 1 is 1.12 bits per heavy atom. The standard InChI is InChI=1S/C22H24ClNO2/c23-20-12-8-18(9-13-20)14-16-24-15-2-4-21(24)19-10-6-17(7-11-19)3-1-5-22(25)26/h1,5-13,21H,2-4,14-16H2,(H,25,26)/b5-1+/t21-/m0/s1. The van der Waals surface area contributed by atoms with Crippen LogP contribution in [0, 0.1) is 0 Å². The van der Waals surface area contributed by atoms with Gasteiger partial charge in [0.2, 0.25) is 0 Å². The van der Waals surface area contributed by atoms with Gasteiger partial charge in [0.1, 0.15) is 0 Å². The van der Waals surface area contributed by atoms with E-state index in [0.717, 1.165) is 30.1 Å². The zero-order valence-corrected chi connectivity index (χ0v) is 15.5. The van der Waals surface area contributed by atoms with Crippen molar-refractivity contribution < 1.29 is 9.90 Å². The van der Waals surface area contributed by atoms with Gasteiger partial charge in [0.25, 0.3) is 0 Å². The van der Waals surface area contributed by atoms with Crippen LogP contribution >= 0.6 is 11.6 Å². The molecule has 0 amide bonds. The van der Waals surface area contributed by atoms with Crippen molar-refractivity contribution in [3.63, 3.8) is 0 Å². The molecule has 0 spiro atoms. The summed E-state index contributed by atoms with van der Waals surface area (Å²) in [5.41, 5.74) is 3.81. The molecule has 1 heterocycles. The summed E-state index contributed by atoms with van der Waals surface area (Å²) in [5.74, 6) is -0.899. The van der Waals surface area contributed by atoms with Crippen molar-refractivity contribution >= 4 is 17.6 Å². The normalized spacial score (nSPS) is 17.8. The maximum atomic E-state index is 10.5. The summed E-state index contributed by atoms with van der Waals surface area (Å²) in [6.07, 6.45) is 6.99. The highest BCUT2D eigenvalue weighted by atomic mass is 35.5. The van der Waals surface area contributed by atoms with Gasteiger partial charge in [-0.15, -0.1) is 0 Å². The van der Waals surface area contributed by atoms with E-state index in [1.807, 2.05) is 12.1 Å². The molecule has 1 N–H and O–H groups in total. The van der Waals surface area contributed by atoms with Crippen molar-refractivity contribution in [1.82, 2.24) is 4.90 Å². The summed E-state index contributed by atoms with van der Waals surface area (Å²) in [6.45, 7) is 2.19. The minimum Gasteiger partial charge on any atom is -0.478 e. The Balaban J connectivity index is 1.58. The van der Waals surface area contributed by atoms with Crippen LogP contribution in [0.5, 0.6) is 0 Å². The third-order valence-corrected chi connectivity index (χ3v) is 5.20. The van der Waals surface area contributed by atoms with E-state index in [1.165, 1.54) is 30.0 Å². The highest BCUT2D eigenvalue weighted by Crippen LogP contribution is 2.32. The predicted octanol–water partition coefficient (Wildman–Crippen LogP) is 4.90. The average molecular weight is 370 g/mol. The molecule has 26 heavy (non-hydrogen) atoms. The summed E-state index contributed by atoms with van der Waals surface area (Å²) in [4.78, 5) is 13.1. The summed E-state index contributed by atoms with van der Waals surface area (Å²) in [7, 11) is 0. The molecule has 0 aliphatic carbocycles. The monoisotopic (exact) mass is 369 g/mol. The van der Waals surface area contributed by atoms with Crippen LogP contribution in [0.2, 0.25) is 5.02 Å². The topological polar surface area (TPSA) is 40.5 Å². The summed E-state index contributed by atoms with van der Waals surface area (Å²) in [6, 6.07) is 17.2. The number of halogens is 1. The van der Waals surface area contributed by atoms with Gasteiger partial charge in [-0.05, 0) is 61.1 Å². The van der Waals surface area contributed by atoms with E-state index in [4.69, 9.17) is 16.7 Å². The Morgan fingerprint density at radius 3 is 2.50 bits per heavy atom. The van der Waals surface area contributed by atoms with E-state index in [-0.39, 0.29) is 0 Å². The first kappa shape index (κ1) is 18.7. The molecule has 3 rings (SSSR count). The second-order valence-corrected chi connectivity index (χ2v) is 7.19. The van der Waals surface area contributed by atoms with E-state index < -0.39 is 5.97 Å². The summed E-state index contributed by atoms with van der Waals surface area (Å²) < 4.78 is 0. The fourth-order valence-electron chi connectivity index (χ4n) is 3.57. The lowest BCUT2D eigenvalue weighted by atomic mass is 10.0. The van der Waals surface area contributed by atoms with E-state index >= 15 is 0 Å². The highest BCUT2D eigenvalue weighted by Gasteiger charge is 2.25. The number of hydrogen-bond acceptors (Lipinski definition) is 2. The molecule has 136 valence electrons. The Hall–Kier alpha value is -2.10. The molecular weight excluding hydrogens is 346 g/mol. The largest absolute Gasteiger partial charge is 0.478 e. The third kappa shape index (κ3) is 5.20. The predicted molar refractivity (Wildman–Crippen MR) is 106 cm³/mol. The number of hydrogen-bond donors (Lipinski definition) is 1. The first-order valence-corrected chi connectivity index (χ1v) is 9.46. The maximum Gasteiger partial charge on any atom is 0.327 e. The van der Waals surface area contributed by atoms with Crippen LogP contribution in [0.1, 0.15) is 35.6 Å². The zero-order chi connectivity index (χ0) is 18.4. The molecule has 0 bridgehead atoms. The van der Waals surface area contributed by atoms with Gasteiger partial charge in [-0.25, -0.2) is 4.79 Å². The molecule has 0 radical (unpaired) electrons. The SMILES string of the molecule is O=C(O)/C=C/Cc1ccc([C@@H]2CCCN2CCc2ccc(Cl)cc2)cc1. The van der Waals surface area contributed by atoms with E-state index in [2.05, 4.69) is 41.3 Å². The van der Waals surface area contributed by atoms with Gasteiger partial charge in [-0.1, -0.05) is 54.1 Å². The molecule has 0 saturated carbocycles. The fourth-order valence-corrected chi connectivity index (χ4v) is 3.69. The molecule has 1 aliphatic rings. The fraction of sp³-hybridized carbons (Fsp3) is 0.318. The number of aliphatic carboxylic acids is 1. The van der Waals surface area contributed by atoms with Gasteiger partial charge in [0.05, 0.1) is 0 Å². The first-order chi connectivity index (χ1) is 12.6. The van der Waals surface area contributed by atoms with Gasteiger partial charge in [0, 0.05) is 23.7 Å². The van der Waals surface area contributed by atoms with Crippen LogP contribution in [0.25, 0.3) is 0 Å². The Labute approximate surface area is 159 Å². The Kier molecular flexibility index (Phi) is 6.48. The van der Waals surface area contributed by atoms with Gasteiger partial charge >= 0.3 is 5.97 Å². The number of benzene rings is 2. The maximum absolute atomic E-state index is 10.5. The smallest absolute Gasteiger partial charge is 0.327 e. The zero-order valence-electron chi connectivity index (χ0n) is 14.8. The minimum absolute atomic E-state index is 0.478. The van der Waals surface area contributed by atoms with Gasteiger partial charge in [0.15, 0.2) is 0 Å². The van der Waals surface area contributed by atoms with Crippen molar-refractivity contribution in [2.75, 3.05) is 13.1 Å². The number of likely N-dealkylation sites (tertiary alicyclic amines) is 1. The number of nitrogens with zero attached hydrogens (tertiary/aromatic N) is 1. The molecule has 0 aromatic heterocycles. The summed E-state index contributed by atoms with van der Waals surface area (Å²) >= 11 is 5.96. The summed E-state index contributed by atoms with van der Waals surface area (Å²) in [5, 5.41) is 9.44. The molecule has 1 saturated heterocycles. The minimum atomic E-state index is -0.899. The van der Waals surface area contributed by atoms with Gasteiger partial charge in [-0.2, -0.15) is 0 Å². The van der Waals surface area contributed by atoms with E-state index in [0.29, 0.717) is 12.5 Å². The van der Waals surface area contributed by atoms with Crippen LogP contribution < -0.4 is 0 Å². The van der Waals surface area contributed by atoms with Crippen molar-refractivity contribution in [2.45, 2.75) is 31.7 Å². The Bertz CT molecular complexity index is 753. The molecule has 1 fully saturated rings. The lowest BCUT2D eigenvalue weighted by molar-refractivity contribution is -0.131. The third-order valence-electron chi connectivity index (χ3n) is 4.94. The highest BCUT2D eigenvalue weighted by molar-refractivity contribution is 6.30. The van der Waals surface area contributed by atoms with Crippen molar-refractivity contribution in [1.29, 1.82) is 0 Å². The van der Waals surface area contributed by atoms with Crippen LogP contribution in [-0.2, 0) is 17.6 Å². The van der Waals surface area contributed by atoms with Crippen molar-refractivity contribution in [3.05, 3.63) is 82.4 Å². The molecule has 0 unspecified atom stereocenters. The van der Waals surface area contributed by atoms with Gasteiger partial charge in [-0.3, -0.25) is 4.90 Å².